The van der Waals surface area contributed by atoms with E-state index in [-0.39, 0.29) is 5.41 Å². The molecule has 60 heavy (non-hydrogen) atoms. The molecule has 0 unspecified atom stereocenters. The van der Waals surface area contributed by atoms with Crippen molar-refractivity contribution in [1.29, 1.82) is 0 Å². The Kier molecular flexibility index (Phi) is 8.36. The van der Waals surface area contributed by atoms with E-state index in [1.54, 1.807) is 0 Å². The minimum Gasteiger partial charge on any atom is -0.310 e. The zero-order valence-corrected chi connectivity index (χ0v) is 34.5. The zero-order valence-electron chi connectivity index (χ0n) is 34.5. The van der Waals surface area contributed by atoms with Crippen molar-refractivity contribution in [2.45, 2.75) is 33.1 Å². The summed E-state index contributed by atoms with van der Waals surface area (Å²) >= 11 is 0. The molecule has 0 bridgehead atoms. The summed E-state index contributed by atoms with van der Waals surface area (Å²) in [5, 5.41) is 7.53. The molecule has 11 rings (SSSR count). The third kappa shape index (κ3) is 5.68. The van der Waals surface area contributed by atoms with Gasteiger partial charge in [-0.3, -0.25) is 0 Å². The van der Waals surface area contributed by atoms with Crippen LogP contribution in [0.5, 0.6) is 0 Å². The van der Waals surface area contributed by atoms with Gasteiger partial charge in [0.2, 0.25) is 0 Å². The van der Waals surface area contributed by atoms with E-state index >= 15 is 0 Å². The van der Waals surface area contributed by atoms with E-state index < -0.39 is 0 Å². The average molecular weight is 768 g/mol. The predicted octanol–water partition coefficient (Wildman–Crippen LogP) is 16.5. The largest absolute Gasteiger partial charge is 0.310 e. The fourth-order valence-electron chi connectivity index (χ4n) is 10.2. The Morgan fingerprint density at radius 3 is 1.57 bits per heavy atom. The van der Waals surface area contributed by atoms with Gasteiger partial charge < -0.3 is 4.90 Å². The fourth-order valence-corrected chi connectivity index (χ4v) is 10.2. The number of fused-ring (bicyclic) bond motifs is 9. The van der Waals surface area contributed by atoms with Gasteiger partial charge >= 0.3 is 0 Å². The summed E-state index contributed by atoms with van der Waals surface area (Å²) in [5.74, 6) is 0. The molecule has 286 valence electrons. The highest BCUT2D eigenvalue weighted by Gasteiger charge is 2.36. The minimum atomic E-state index is -0.116. The van der Waals surface area contributed by atoms with Crippen molar-refractivity contribution in [3.63, 3.8) is 0 Å². The maximum absolute atomic E-state index is 2.48. The number of hydrogen-bond donors (Lipinski definition) is 0. The molecule has 0 aromatic heterocycles. The molecule has 0 saturated heterocycles. The smallest absolute Gasteiger partial charge is 0.0468 e. The van der Waals surface area contributed by atoms with Gasteiger partial charge in [0.15, 0.2) is 0 Å². The van der Waals surface area contributed by atoms with E-state index in [2.05, 4.69) is 233 Å². The monoisotopic (exact) mass is 767 g/mol. The van der Waals surface area contributed by atoms with Crippen LogP contribution in [0.2, 0.25) is 0 Å². The van der Waals surface area contributed by atoms with Crippen LogP contribution in [0, 0.1) is 13.8 Å². The van der Waals surface area contributed by atoms with E-state index in [1.165, 1.54) is 99.1 Å². The molecule has 0 atom stereocenters. The van der Waals surface area contributed by atoms with Gasteiger partial charge in [-0.05, 0) is 155 Å². The first kappa shape index (κ1) is 35.9. The second kappa shape index (κ2) is 14.0. The van der Waals surface area contributed by atoms with Gasteiger partial charge in [-0.15, -0.1) is 0 Å². The maximum atomic E-state index is 2.48. The number of aryl methyl sites for hydroxylation is 2. The van der Waals surface area contributed by atoms with Crippen LogP contribution in [-0.4, -0.2) is 0 Å². The summed E-state index contributed by atoms with van der Waals surface area (Å²) in [6.07, 6.45) is 0. The summed E-state index contributed by atoms with van der Waals surface area (Å²) in [6.45, 7) is 9.15. The number of rotatable bonds is 6. The molecule has 0 heterocycles. The molecule has 1 aliphatic carbocycles. The first-order valence-electron chi connectivity index (χ1n) is 21.1. The topological polar surface area (TPSA) is 3.24 Å². The van der Waals surface area contributed by atoms with Crippen LogP contribution in [0.25, 0.3) is 76.8 Å². The van der Waals surface area contributed by atoms with Gasteiger partial charge in [0.05, 0.1) is 0 Å². The van der Waals surface area contributed by atoms with E-state index in [0.717, 1.165) is 17.1 Å². The molecule has 1 aliphatic rings. The number of benzene rings is 10. The summed E-state index contributed by atoms with van der Waals surface area (Å²) in [5.41, 5.74) is 18.6. The SMILES string of the molecule is Cc1cc(C)cc(N(c2ccc3c(c2)C(C)(C)c2ccccc2-3)c2ccc3c(c2)c2ccccc2c2c(-c4ccccc4)cc(-c4ccccc4)c(-c4ccccc4)c32)c1. The molecule has 10 aromatic rings. The first-order chi connectivity index (χ1) is 29.3. The quantitative estimate of drug-likeness (QED) is 0.152. The third-order valence-corrected chi connectivity index (χ3v) is 12.9. The van der Waals surface area contributed by atoms with Gasteiger partial charge in [-0.25, -0.2) is 0 Å². The molecule has 1 heteroatoms. The summed E-state index contributed by atoms with van der Waals surface area (Å²) in [4.78, 5) is 2.48. The van der Waals surface area contributed by atoms with Gasteiger partial charge in [0.1, 0.15) is 0 Å². The molecule has 0 spiro atoms. The Balaban J connectivity index is 1.25. The van der Waals surface area contributed by atoms with Crippen molar-refractivity contribution >= 4 is 49.4 Å². The Bertz CT molecular complexity index is 3270. The molecule has 0 aliphatic heterocycles. The Hall–Kier alpha value is -7.22. The van der Waals surface area contributed by atoms with Gasteiger partial charge in [-0.1, -0.05) is 172 Å². The molecule has 0 fully saturated rings. The molecular formula is C59H45N. The van der Waals surface area contributed by atoms with Crippen LogP contribution >= 0.6 is 0 Å². The number of nitrogens with zero attached hydrogens (tertiary/aromatic N) is 1. The minimum absolute atomic E-state index is 0.116. The van der Waals surface area contributed by atoms with E-state index in [4.69, 9.17) is 0 Å². The third-order valence-electron chi connectivity index (χ3n) is 12.9. The Morgan fingerprint density at radius 2 is 0.867 bits per heavy atom. The lowest BCUT2D eigenvalue weighted by Gasteiger charge is -2.29. The summed E-state index contributed by atoms with van der Waals surface area (Å²) in [7, 11) is 0. The average Bonchev–Trinajstić information content (AvgIpc) is 3.51. The second-order valence-electron chi connectivity index (χ2n) is 17.1. The van der Waals surface area contributed by atoms with Crippen LogP contribution in [0.4, 0.5) is 17.1 Å². The molecule has 0 radical (unpaired) electrons. The molecule has 1 nitrogen and oxygen atoms in total. The highest BCUT2D eigenvalue weighted by Crippen LogP contribution is 2.52. The summed E-state index contributed by atoms with van der Waals surface area (Å²) < 4.78 is 0. The highest BCUT2D eigenvalue weighted by atomic mass is 15.1. The van der Waals surface area contributed by atoms with Crippen molar-refractivity contribution < 1.29 is 0 Å². The van der Waals surface area contributed by atoms with E-state index in [1.807, 2.05) is 0 Å². The van der Waals surface area contributed by atoms with Crippen molar-refractivity contribution in [3.05, 3.63) is 222 Å². The molecule has 0 saturated carbocycles. The molecule has 10 aromatic carbocycles. The highest BCUT2D eigenvalue weighted by molar-refractivity contribution is 6.33. The van der Waals surface area contributed by atoms with Crippen LogP contribution < -0.4 is 4.90 Å². The Labute approximate surface area is 352 Å². The van der Waals surface area contributed by atoms with E-state index in [9.17, 15) is 0 Å². The van der Waals surface area contributed by atoms with Crippen molar-refractivity contribution in [2.75, 3.05) is 4.90 Å². The standard InChI is InChI=1S/C59H45N/c1-38-32-39(2)34-45(33-38)60(44-28-30-48-47-25-16-17-27-54(47)59(3,4)55(48)36-44)43-29-31-50-53(35-43)46-24-14-15-26-49(46)57-52(41-20-10-6-11-21-41)37-51(40-18-8-5-9-19-40)56(58(50)57)42-22-12-7-13-23-42/h5-37H,1-4H3. The lowest BCUT2D eigenvalue weighted by molar-refractivity contribution is 0.660. The van der Waals surface area contributed by atoms with Crippen molar-refractivity contribution in [2.24, 2.45) is 0 Å². The lowest BCUT2D eigenvalue weighted by atomic mass is 9.81. The van der Waals surface area contributed by atoms with Crippen LogP contribution in [0.15, 0.2) is 200 Å². The van der Waals surface area contributed by atoms with Crippen LogP contribution in [0.3, 0.4) is 0 Å². The van der Waals surface area contributed by atoms with Crippen molar-refractivity contribution in [1.82, 2.24) is 0 Å². The van der Waals surface area contributed by atoms with Gasteiger partial charge in [-0.2, -0.15) is 0 Å². The number of anilines is 3. The van der Waals surface area contributed by atoms with Gasteiger partial charge in [0, 0.05) is 22.5 Å². The maximum Gasteiger partial charge on any atom is 0.0468 e. The van der Waals surface area contributed by atoms with Crippen molar-refractivity contribution in [3.8, 4) is 44.5 Å². The van der Waals surface area contributed by atoms with Gasteiger partial charge in [0.25, 0.3) is 0 Å². The van der Waals surface area contributed by atoms with E-state index in [0.29, 0.717) is 0 Å². The summed E-state index contributed by atoms with van der Waals surface area (Å²) in [6, 6.07) is 74.5. The zero-order chi connectivity index (χ0) is 40.5. The second-order valence-corrected chi connectivity index (χ2v) is 17.1. The fraction of sp³-hybridized carbons (Fsp3) is 0.0847. The van der Waals surface area contributed by atoms with Crippen LogP contribution in [-0.2, 0) is 5.41 Å². The molecular weight excluding hydrogens is 723 g/mol. The predicted molar refractivity (Wildman–Crippen MR) is 257 cm³/mol. The molecule has 0 N–H and O–H groups in total. The normalized spacial score (nSPS) is 12.8. The Morgan fingerprint density at radius 1 is 0.333 bits per heavy atom. The molecule has 0 amide bonds. The first-order valence-corrected chi connectivity index (χ1v) is 21.1. The number of hydrogen-bond acceptors (Lipinski definition) is 1. The van der Waals surface area contributed by atoms with Crippen LogP contribution in [0.1, 0.15) is 36.1 Å². The lowest BCUT2D eigenvalue weighted by Crippen LogP contribution is -2.16.